The number of hydrogen-bond acceptors (Lipinski definition) is 7. The molecule has 0 aliphatic heterocycles. The first-order chi connectivity index (χ1) is 14.3. The molecule has 0 fully saturated rings. The number of halogens is 1. The van der Waals surface area contributed by atoms with E-state index in [-0.39, 0.29) is 24.0 Å². The highest BCUT2D eigenvalue weighted by atomic mass is 35.5. The summed E-state index contributed by atoms with van der Waals surface area (Å²) in [4.78, 5) is 11.9. The van der Waals surface area contributed by atoms with Crippen LogP contribution in [0, 0.1) is 6.92 Å². The molecule has 0 bridgehead atoms. The number of phenols is 1. The molecule has 2 N–H and O–H groups in total. The maximum absolute atomic E-state index is 13.6. The van der Waals surface area contributed by atoms with E-state index in [9.17, 15) is 14.5 Å². The molecule has 0 saturated carbocycles. The normalized spacial score (nSPS) is 12.8. The Morgan fingerprint density at radius 3 is 2.50 bits per heavy atom. The number of aryl methyl sites for hydroxylation is 1. The third kappa shape index (κ3) is 4.55. The molecule has 30 heavy (non-hydrogen) atoms. The summed E-state index contributed by atoms with van der Waals surface area (Å²) in [5, 5.41) is 13.8. The molecule has 160 valence electrons. The molecule has 0 amide bonds. The summed E-state index contributed by atoms with van der Waals surface area (Å²) in [6, 6.07) is 11.5. The molecule has 1 atom stereocenters. The van der Waals surface area contributed by atoms with E-state index < -0.39 is 19.0 Å². The zero-order valence-electron chi connectivity index (χ0n) is 16.8. The predicted molar refractivity (Wildman–Crippen MR) is 118 cm³/mol. The van der Waals surface area contributed by atoms with Gasteiger partial charge in [0.2, 0.25) is 0 Å². The van der Waals surface area contributed by atoms with Gasteiger partial charge in [-0.05, 0) is 56.2 Å². The molecule has 1 unspecified atom stereocenters. The fourth-order valence-corrected chi connectivity index (χ4v) is 5.23. The lowest BCUT2D eigenvalue weighted by molar-refractivity contribution is 0.214. The van der Waals surface area contributed by atoms with Gasteiger partial charge >= 0.3 is 13.2 Å². The number of aromatic hydroxyl groups is 1. The second-order valence-electron chi connectivity index (χ2n) is 6.56. The number of hydrogen-bond donors (Lipinski definition) is 2. The number of benzene rings is 2. The number of fused-ring (bicyclic) bond motifs is 1. The van der Waals surface area contributed by atoms with Crippen LogP contribution in [0.2, 0.25) is 5.02 Å². The fourth-order valence-electron chi connectivity index (χ4n) is 3.17. The van der Waals surface area contributed by atoms with Crippen LogP contribution >= 0.6 is 19.2 Å². The van der Waals surface area contributed by atoms with Crippen molar-refractivity contribution in [3.05, 3.63) is 69.0 Å². The van der Waals surface area contributed by atoms with Gasteiger partial charge < -0.3 is 23.9 Å². The van der Waals surface area contributed by atoms with Gasteiger partial charge in [0.05, 0.1) is 13.2 Å². The average molecular weight is 452 g/mol. The van der Waals surface area contributed by atoms with Crippen molar-refractivity contribution in [2.24, 2.45) is 0 Å². The van der Waals surface area contributed by atoms with Crippen LogP contribution in [0.1, 0.15) is 30.8 Å². The summed E-state index contributed by atoms with van der Waals surface area (Å²) in [6.45, 7) is 5.55. The van der Waals surface area contributed by atoms with Crippen molar-refractivity contribution in [2.75, 3.05) is 18.5 Å². The number of rotatable bonds is 8. The van der Waals surface area contributed by atoms with Crippen molar-refractivity contribution in [1.82, 2.24) is 0 Å². The second kappa shape index (κ2) is 9.23. The van der Waals surface area contributed by atoms with Crippen molar-refractivity contribution in [3.63, 3.8) is 0 Å². The molecular weight excluding hydrogens is 429 g/mol. The van der Waals surface area contributed by atoms with E-state index in [0.29, 0.717) is 27.8 Å². The molecule has 0 aliphatic carbocycles. The first kappa shape index (κ1) is 22.4. The summed E-state index contributed by atoms with van der Waals surface area (Å²) in [7, 11) is -3.66. The van der Waals surface area contributed by atoms with Crippen molar-refractivity contribution in [2.45, 2.75) is 26.6 Å². The Balaban J connectivity index is 2.10. The van der Waals surface area contributed by atoms with Crippen LogP contribution in [-0.2, 0) is 13.6 Å². The Kier molecular flexibility index (Phi) is 6.88. The van der Waals surface area contributed by atoms with Crippen molar-refractivity contribution in [3.8, 4) is 5.75 Å². The molecule has 9 heteroatoms. The highest BCUT2D eigenvalue weighted by molar-refractivity contribution is 7.54. The molecule has 7 nitrogen and oxygen atoms in total. The van der Waals surface area contributed by atoms with Crippen LogP contribution in [0.25, 0.3) is 11.0 Å². The summed E-state index contributed by atoms with van der Waals surface area (Å²) >= 11 is 5.99. The first-order valence-electron chi connectivity index (χ1n) is 9.46. The molecule has 0 radical (unpaired) electrons. The SMILES string of the molecule is CCOP(=O)(OCC)C(Nc1ccc2c(C)c(Cl)c(=O)oc2c1)c1cccc(O)c1. The summed E-state index contributed by atoms with van der Waals surface area (Å²) in [5.41, 5.74) is 1.38. The molecule has 1 aromatic heterocycles. The Morgan fingerprint density at radius 2 is 1.87 bits per heavy atom. The van der Waals surface area contributed by atoms with Crippen LogP contribution in [0.15, 0.2) is 51.7 Å². The Morgan fingerprint density at radius 1 is 1.17 bits per heavy atom. The van der Waals surface area contributed by atoms with Crippen molar-refractivity contribution < 1.29 is 23.1 Å². The zero-order chi connectivity index (χ0) is 21.9. The van der Waals surface area contributed by atoms with E-state index in [1.807, 2.05) is 0 Å². The quantitative estimate of drug-likeness (QED) is 0.328. The minimum absolute atomic E-state index is 0.0219. The van der Waals surface area contributed by atoms with Gasteiger partial charge in [-0.15, -0.1) is 0 Å². The molecule has 0 saturated heterocycles. The van der Waals surface area contributed by atoms with E-state index in [4.69, 9.17) is 25.1 Å². The number of nitrogens with one attached hydrogen (secondary N) is 1. The van der Waals surface area contributed by atoms with Gasteiger partial charge in [-0.1, -0.05) is 23.7 Å². The molecular formula is C21H23ClNO6P. The van der Waals surface area contributed by atoms with Crippen LogP contribution in [0.5, 0.6) is 5.75 Å². The monoisotopic (exact) mass is 451 g/mol. The zero-order valence-corrected chi connectivity index (χ0v) is 18.5. The van der Waals surface area contributed by atoms with Crippen LogP contribution in [0.4, 0.5) is 5.69 Å². The summed E-state index contributed by atoms with van der Waals surface area (Å²) in [5.74, 6) is -0.879. The van der Waals surface area contributed by atoms with E-state index in [2.05, 4.69) is 5.32 Å². The van der Waals surface area contributed by atoms with E-state index in [1.165, 1.54) is 12.1 Å². The van der Waals surface area contributed by atoms with Gasteiger partial charge in [0.15, 0.2) is 5.78 Å². The predicted octanol–water partition coefficient (Wildman–Crippen LogP) is 5.84. The third-order valence-corrected chi connectivity index (χ3v) is 7.25. The Labute approximate surface area is 179 Å². The Bertz CT molecular complexity index is 1150. The average Bonchev–Trinajstić information content (AvgIpc) is 2.70. The minimum atomic E-state index is -3.66. The molecule has 3 rings (SSSR count). The molecule has 1 heterocycles. The van der Waals surface area contributed by atoms with Crippen LogP contribution in [-0.4, -0.2) is 18.3 Å². The lowest BCUT2D eigenvalue weighted by atomic mass is 10.1. The minimum Gasteiger partial charge on any atom is -0.508 e. The van der Waals surface area contributed by atoms with E-state index in [1.54, 1.807) is 51.1 Å². The van der Waals surface area contributed by atoms with E-state index >= 15 is 0 Å². The molecule has 3 aromatic rings. The lowest BCUT2D eigenvalue weighted by Crippen LogP contribution is -2.15. The first-order valence-corrected chi connectivity index (χ1v) is 11.4. The highest BCUT2D eigenvalue weighted by Crippen LogP contribution is 2.61. The smallest absolute Gasteiger partial charge is 0.357 e. The molecule has 2 aromatic carbocycles. The van der Waals surface area contributed by atoms with Gasteiger partial charge in [0.25, 0.3) is 0 Å². The topological polar surface area (TPSA) is 98.0 Å². The third-order valence-electron chi connectivity index (χ3n) is 4.52. The lowest BCUT2D eigenvalue weighted by Gasteiger charge is -2.28. The summed E-state index contributed by atoms with van der Waals surface area (Å²) in [6.07, 6.45) is 0. The standard InChI is InChI=1S/C21H23ClNO6P/c1-4-27-30(26,28-5-2)20(14-7-6-8-16(24)11-14)23-15-9-10-17-13(3)19(22)21(25)29-18(17)12-15/h6-12,20,23-24H,4-5H2,1-3H3. The van der Waals surface area contributed by atoms with Gasteiger partial charge in [0.1, 0.15) is 16.4 Å². The largest absolute Gasteiger partial charge is 0.508 e. The van der Waals surface area contributed by atoms with Gasteiger partial charge in [-0.25, -0.2) is 4.79 Å². The number of phenolic OH excluding ortho intramolecular Hbond substituents is 1. The maximum atomic E-state index is 13.6. The van der Waals surface area contributed by atoms with Gasteiger partial charge in [-0.2, -0.15) is 0 Å². The van der Waals surface area contributed by atoms with Gasteiger partial charge in [-0.3, -0.25) is 4.57 Å². The maximum Gasteiger partial charge on any atom is 0.357 e. The highest BCUT2D eigenvalue weighted by Gasteiger charge is 2.37. The fraction of sp³-hybridized carbons (Fsp3) is 0.286. The van der Waals surface area contributed by atoms with Crippen molar-refractivity contribution in [1.29, 1.82) is 0 Å². The summed E-state index contributed by atoms with van der Waals surface area (Å²) < 4.78 is 29.9. The second-order valence-corrected chi connectivity index (χ2v) is 9.05. The van der Waals surface area contributed by atoms with Crippen molar-refractivity contribution >= 4 is 35.9 Å². The Hall–Kier alpha value is -2.31. The molecule has 0 aliphatic rings. The van der Waals surface area contributed by atoms with E-state index in [0.717, 1.165) is 0 Å². The van der Waals surface area contributed by atoms with Gasteiger partial charge in [0, 0.05) is 17.1 Å². The van der Waals surface area contributed by atoms with Crippen LogP contribution < -0.4 is 10.9 Å². The number of anilines is 1. The molecule has 0 spiro atoms. The van der Waals surface area contributed by atoms with Crippen LogP contribution in [0.3, 0.4) is 0 Å².